The van der Waals surface area contributed by atoms with Crippen molar-refractivity contribution in [1.82, 2.24) is 4.90 Å². The fourth-order valence-electron chi connectivity index (χ4n) is 3.90. The molecule has 0 aliphatic carbocycles. The van der Waals surface area contributed by atoms with Crippen LogP contribution in [0.4, 0.5) is 0 Å². The van der Waals surface area contributed by atoms with E-state index in [4.69, 9.17) is 4.74 Å². The maximum atomic E-state index is 9.95. The molecule has 0 saturated carbocycles. The molecular formula is C18H35NO5. The number of hydrogen-bond acceptors (Lipinski definition) is 6. The summed E-state index contributed by atoms with van der Waals surface area (Å²) in [5, 5.41) is 38.8. The molecule has 2 aliphatic heterocycles. The highest BCUT2D eigenvalue weighted by atomic mass is 16.5. The Morgan fingerprint density at radius 3 is 2.29 bits per heavy atom. The minimum atomic E-state index is -1.16. The van der Waals surface area contributed by atoms with Gasteiger partial charge in [-0.2, -0.15) is 0 Å². The van der Waals surface area contributed by atoms with E-state index in [0.717, 1.165) is 26.0 Å². The summed E-state index contributed by atoms with van der Waals surface area (Å²) in [6.45, 7) is 1.79. The predicted molar refractivity (Wildman–Crippen MR) is 91.8 cm³/mol. The number of aliphatic hydroxyl groups is 4. The molecular weight excluding hydrogens is 310 g/mol. The van der Waals surface area contributed by atoms with Gasteiger partial charge in [0.05, 0.1) is 24.9 Å². The molecule has 2 heterocycles. The van der Waals surface area contributed by atoms with Crippen LogP contribution in [-0.4, -0.2) is 82.1 Å². The lowest BCUT2D eigenvalue weighted by atomic mass is 9.94. The van der Waals surface area contributed by atoms with Gasteiger partial charge in [0, 0.05) is 13.2 Å². The zero-order valence-corrected chi connectivity index (χ0v) is 14.7. The van der Waals surface area contributed by atoms with Crippen molar-refractivity contribution in [3.05, 3.63) is 0 Å². The van der Waals surface area contributed by atoms with E-state index in [9.17, 15) is 20.4 Å². The quantitative estimate of drug-likeness (QED) is 0.435. The Morgan fingerprint density at radius 1 is 0.917 bits per heavy atom. The largest absolute Gasteiger partial charge is 0.395 e. The number of piperidine rings is 1. The Balaban J connectivity index is 1.51. The molecule has 0 amide bonds. The second kappa shape index (κ2) is 10.7. The monoisotopic (exact) mass is 345 g/mol. The van der Waals surface area contributed by atoms with Gasteiger partial charge >= 0.3 is 0 Å². The topological polar surface area (TPSA) is 93.4 Å². The molecule has 6 nitrogen and oxygen atoms in total. The van der Waals surface area contributed by atoms with E-state index in [0.29, 0.717) is 12.6 Å². The summed E-state index contributed by atoms with van der Waals surface area (Å²) in [4.78, 5) is 1.90. The van der Waals surface area contributed by atoms with Crippen LogP contribution in [0.2, 0.25) is 0 Å². The average molecular weight is 345 g/mol. The molecule has 0 radical (unpaired) electrons. The lowest BCUT2D eigenvalue weighted by Gasteiger charge is -2.43. The minimum Gasteiger partial charge on any atom is -0.395 e. The van der Waals surface area contributed by atoms with Gasteiger partial charge in [0.1, 0.15) is 12.2 Å². The number of rotatable bonds is 10. The summed E-state index contributed by atoms with van der Waals surface area (Å²) >= 11 is 0. The van der Waals surface area contributed by atoms with Crippen LogP contribution in [0.3, 0.4) is 0 Å². The Kier molecular flexibility index (Phi) is 8.94. The molecule has 0 aromatic carbocycles. The van der Waals surface area contributed by atoms with E-state index in [2.05, 4.69) is 0 Å². The Labute approximate surface area is 145 Å². The second-order valence-corrected chi connectivity index (χ2v) is 7.34. The predicted octanol–water partition coefficient (Wildman–Crippen LogP) is 0.655. The molecule has 2 fully saturated rings. The smallest absolute Gasteiger partial charge is 0.109 e. The number of unbranched alkanes of at least 4 members (excludes halogenated alkanes) is 5. The summed E-state index contributed by atoms with van der Waals surface area (Å²) < 4.78 is 5.63. The van der Waals surface area contributed by atoms with Gasteiger partial charge in [0.2, 0.25) is 0 Å². The van der Waals surface area contributed by atoms with Crippen molar-refractivity contribution in [2.24, 2.45) is 0 Å². The minimum absolute atomic E-state index is 0.200. The first-order chi connectivity index (χ1) is 11.6. The molecule has 2 rings (SSSR count). The number of likely N-dealkylation sites (tertiary alicyclic amines) is 1. The molecule has 0 spiro atoms. The first-order valence-electron chi connectivity index (χ1n) is 9.64. The van der Waals surface area contributed by atoms with E-state index < -0.39 is 24.4 Å². The third-order valence-electron chi connectivity index (χ3n) is 5.46. The number of β-amino-alcohol motifs (C(OH)–C–C–N with tert-alkyl or cyclic N) is 1. The molecule has 5 unspecified atom stereocenters. The van der Waals surface area contributed by atoms with Gasteiger partial charge in [-0.25, -0.2) is 0 Å². The highest BCUT2D eigenvalue weighted by Gasteiger charge is 2.40. The van der Waals surface area contributed by atoms with Crippen molar-refractivity contribution < 1.29 is 25.2 Å². The van der Waals surface area contributed by atoms with Crippen LogP contribution in [0.25, 0.3) is 0 Å². The lowest BCUT2D eigenvalue weighted by Crippen LogP contribution is -2.62. The van der Waals surface area contributed by atoms with Gasteiger partial charge in [-0.1, -0.05) is 32.1 Å². The molecule has 0 aromatic heterocycles. The molecule has 24 heavy (non-hydrogen) atoms. The Bertz CT molecular complexity index is 337. The van der Waals surface area contributed by atoms with Crippen LogP contribution in [0.15, 0.2) is 0 Å². The van der Waals surface area contributed by atoms with Crippen LogP contribution >= 0.6 is 0 Å². The summed E-state index contributed by atoms with van der Waals surface area (Å²) in [6, 6.07) is -0.477. The molecule has 2 saturated heterocycles. The van der Waals surface area contributed by atoms with Crippen LogP contribution < -0.4 is 0 Å². The van der Waals surface area contributed by atoms with Crippen LogP contribution in [0, 0.1) is 0 Å². The van der Waals surface area contributed by atoms with Crippen molar-refractivity contribution >= 4 is 0 Å². The van der Waals surface area contributed by atoms with Gasteiger partial charge in [0.25, 0.3) is 0 Å². The van der Waals surface area contributed by atoms with Gasteiger partial charge in [-0.3, -0.25) is 4.90 Å². The molecule has 0 bridgehead atoms. The van der Waals surface area contributed by atoms with E-state index in [1.165, 1.54) is 44.9 Å². The first-order valence-corrected chi connectivity index (χ1v) is 9.64. The summed E-state index contributed by atoms with van der Waals surface area (Å²) in [5.74, 6) is 0. The Morgan fingerprint density at radius 2 is 1.62 bits per heavy atom. The SMILES string of the molecule is OCC1C(O)C(O)C(O)CN1CCCCCCCCC1CCCO1. The van der Waals surface area contributed by atoms with Crippen molar-refractivity contribution in [2.45, 2.75) is 88.2 Å². The first kappa shape index (κ1) is 20.1. The number of aliphatic hydroxyl groups excluding tert-OH is 4. The van der Waals surface area contributed by atoms with Gasteiger partial charge in [-0.15, -0.1) is 0 Å². The van der Waals surface area contributed by atoms with E-state index >= 15 is 0 Å². The van der Waals surface area contributed by atoms with Crippen LogP contribution in [0.1, 0.15) is 57.8 Å². The van der Waals surface area contributed by atoms with Crippen molar-refractivity contribution in [3.8, 4) is 0 Å². The zero-order chi connectivity index (χ0) is 17.4. The third-order valence-corrected chi connectivity index (χ3v) is 5.46. The molecule has 4 N–H and O–H groups in total. The van der Waals surface area contributed by atoms with Gasteiger partial charge < -0.3 is 25.2 Å². The van der Waals surface area contributed by atoms with Crippen molar-refractivity contribution in [3.63, 3.8) is 0 Å². The van der Waals surface area contributed by atoms with Crippen LogP contribution in [-0.2, 0) is 4.74 Å². The van der Waals surface area contributed by atoms with E-state index in [1.807, 2.05) is 4.90 Å². The fraction of sp³-hybridized carbons (Fsp3) is 1.00. The summed E-state index contributed by atoms with van der Waals surface area (Å²) in [6.07, 6.45) is 7.99. The highest BCUT2D eigenvalue weighted by molar-refractivity contribution is 4.93. The second-order valence-electron chi connectivity index (χ2n) is 7.34. The number of ether oxygens (including phenoxy) is 1. The maximum absolute atomic E-state index is 9.95. The molecule has 142 valence electrons. The van der Waals surface area contributed by atoms with Crippen LogP contribution in [0.5, 0.6) is 0 Å². The third kappa shape index (κ3) is 5.93. The summed E-state index contributed by atoms with van der Waals surface area (Å²) in [7, 11) is 0. The Hall–Kier alpha value is -0.240. The lowest BCUT2D eigenvalue weighted by molar-refractivity contribution is -0.145. The molecule has 5 atom stereocenters. The van der Waals surface area contributed by atoms with Crippen molar-refractivity contribution in [1.29, 1.82) is 0 Å². The highest BCUT2D eigenvalue weighted by Crippen LogP contribution is 2.21. The fourth-order valence-corrected chi connectivity index (χ4v) is 3.90. The maximum Gasteiger partial charge on any atom is 0.109 e. The number of nitrogens with zero attached hydrogens (tertiary/aromatic N) is 1. The number of hydrogen-bond donors (Lipinski definition) is 4. The van der Waals surface area contributed by atoms with Gasteiger partial charge in [-0.05, 0) is 32.2 Å². The molecule has 6 heteroatoms. The van der Waals surface area contributed by atoms with Crippen molar-refractivity contribution in [2.75, 3.05) is 26.3 Å². The van der Waals surface area contributed by atoms with E-state index in [1.54, 1.807) is 0 Å². The zero-order valence-electron chi connectivity index (χ0n) is 14.7. The molecule has 0 aromatic rings. The summed E-state index contributed by atoms with van der Waals surface area (Å²) in [5.41, 5.74) is 0. The van der Waals surface area contributed by atoms with E-state index in [-0.39, 0.29) is 6.61 Å². The molecule has 2 aliphatic rings. The van der Waals surface area contributed by atoms with Gasteiger partial charge in [0.15, 0.2) is 0 Å². The standard InChI is InChI=1S/C18H35NO5/c20-13-15-17(22)18(23)16(21)12-19(15)10-6-4-2-1-3-5-8-14-9-7-11-24-14/h14-18,20-23H,1-13H2. The normalized spacial score (nSPS) is 34.8. The average Bonchev–Trinajstić information content (AvgIpc) is 3.08.